The van der Waals surface area contributed by atoms with Gasteiger partial charge in [-0.25, -0.2) is 13.2 Å². The first-order valence-corrected chi connectivity index (χ1v) is 4.78. The van der Waals surface area contributed by atoms with Gasteiger partial charge in [-0.05, 0) is 18.6 Å². The molecule has 92 valence electrons. The largest absolute Gasteiger partial charge is 0.322 e. The number of benzene rings is 1. The van der Waals surface area contributed by atoms with Crippen molar-refractivity contribution < 1.29 is 18.0 Å². The molecule has 0 bridgehead atoms. The van der Waals surface area contributed by atoms with Crippen LogP contribution in [0.4, 0.5) is 18.9 Å². The maximum absolute atomic E-state index is 13.2. The van der Waals surface area contributed by atoms with E-state index in [1.165, 1.54) is 6.08 Å². The van der Waals surface area contributed by atoms with Gasteiger partial charge >= 0.3 is 0 Å². The van der Waals surface area contributed by atoms with Crippen LogP contribution < -0.4 is 11.1 Å². The number of carbonyl (C=O) groups is 1. The Morgan fingerprint density at radius 2 is 2.06 bits per heavy atom. The van der Waals surface area contributed by atoms with Crippen molar-refractivity contribution in [2.24, 2.45) is 5.73 Å². The van der Waals surface area contributed by atoms with Crippen molar-refractivity contribution in [3.63, 3.8) is 0 Å². The molecule has 0 aliphatic carbocycles. The van der Waals surface area contributed by atoms with Gasteiger partial charge in [0.05, 0.1) is 11.7 Å². The minimum atomic E-state index is -1.64. The third-order valence-electron chi connectivity index (χ3n) is 2.05. The Balaban J connectivity index is 2.86. The summed E-state index contributed by atoms with van der Waals surface area (Å²) in [5.74, 6) is -5.12. The molecule has 1 atom stereocenters. The maximum atomic E-state index is 13.2. The van der Waals surface area contributed by atoms with Crippen LogP contribution in [0.15, 0.2) is 24.8 Å². The lowest BCUT2D eigenvalue weighted by Gasteiger charge is -2.11. The van der Waals surface area contributed by atoms with Crippen molar-refractivity contribution in [3.05, 3.63) is 42.2 Å². The van der Waals surface area contributed by atoms with Gasteiger partial charge in [0.25, 0.3) is 0 Å². The van der Waals surface area contributed by atoms with E-state index in [-0.39, 0.29) is 6.42 Å². The van der Waals surface area contributed by atoms with E-state index in [1.54, 1.807) is 0 Å². The highest BCUT2D eigenvalue weighted by molar-refractivity contribution is 5.94. The highest BCUT2D eigenvalue weighted by Crippen LogP contribution is 2.19. The van der Waals surface area contributed by atoms with E-state index in [0.717, 1.165) is 6.07 Å². The predicted molar refractivity (Wildman–Crippen MR) is 57.7 cm³/mol. The van der Waals surface area contributed by atoms with Crippen molar-refractivity contribution in [1.82, 2.24) is 0 Å². The van der Waals surface area contributed by atoms with E-state index < -0.39 is 35.1 Å². The van der Waals surface area contributed by atoms with Crippen molar-refractivity contribution in [3.8, 4) is 0 Å². The summed E-state index contributed by atoms with van der Waals surface area (Å²) in [4.78, 5) is 11.4. The Labute approximate surface area is 96.1 Å². The van der Waals surface area contributed by atoms with Crippen LogP contribution in [-0.4, -0.2) is 11.9 Å². The Morgan fingerprint density at radius 3 is 2.65 bits per heavy atom. The average Bonchev–Trinajstić information content (AvgIpc) is 2.30. The van der Waals surface area contributed by atoms with E-state index in [0.29, 0.717) is 6.07 Å². The lowest BCUT2D eigenvalue weighted by molar-refractivity contribution is -0.117. The number of carbonyl (C=O) groups excluding carboxylic acids is 1. The molecule has 17 heavy (non-hydrogen) atoms. The zero-order chi connectivity index (χ0) is 13.0. The number of rotatable bonds is 4. The smallest absolute Gasteiger partial charge is 0.241 e. The third kappa shape index (κ3) is 3.07. The fraction of sp³-hybridized carbons (Fsp3) is 0.182. The fourth-order valence-corrected chi connectivity index (χ4v) is 1.13. The summed E-state index contributed by atoms with van der Waals surface area (Å²) in [7, 11) is 0. The van der Waals surface area contributed by atoms with Gasteiger partial charge in [-0.3, -0.25) is 4.79 Å². The van der Waals surface area contributed by atoms with Gasteiger partial charge in [-0.15, -0.1) is 6.58 Å². The molecule has 1 amide bonds. The number of halogens is 3. The van der Waals surface area contributed by atoms with Crippen LogP contribution in [0.25, 0.3) is 0 Å². The monoisotopic (exact) mass is 244 g/mol. The Kier molecular flexibility index (Phi) is 4.28. The van der Waals surface area contributed by atoms with Crippen LogP contribution >= 0.6 is 0 Å². The lowest BCUT2D eigenvalue weighted by atomic mass is 10.2. The Bertz CT molecular complexity index is 449. The van der Waals surface area contributed by atoms with Crippen LogP contribution in [0.2, 0.25) is 0 Å². The van der Waals surface area contributed by atoms with Crippen molar-refractivity contribution in [2.75, 3.05) is 5.32 Å². The molecule has 0 aliphatic heterocycles. The quantitative estimate of drug-likeness (QED) is 0.628. The van der Waals surface area contributed by atoms with Gasteiger partial charge in [0.1, 0.15) is 0 Å². The summed E-state index contributed by atoms with van der Waals surface area (Å²) in [6.45, 7) is 3.39. The molecule has 0 saturated carbocycles. The number of hydrogen-bond donors (Lipinski definition) is 2. The molecule has 0 radical (unpaired) electrons. The third-order valence-corrected chi connectivity index (χ3v) is 2.05. The topological polar surface area (TPSA) is 55.1 Å². The van der Waals surface area contributed by atoms with Crippen LogP contribution in [0.3, 0.4) is 0 Å². The molecule has 6 heteroatoms. The molecule has 0 saturated heterocycles. The highest BCUT2D eigenvalue weighted by atomic mass is 19.2. The first-order chi connectivity index (χ1) is 7.97. The summed E-state index contributed by atoms with van der Waals surface area (Å²) < 4.78 is 38.6. The van der Waals surface area contributed by atoms with Crippen molar-refractivity contribution >= 4 is 11.6 Å². The zero-order valence-corrected chi connectivity index (χ0v) is 8.84. The molecule has 1 rings (SSSR count). The van der Waals surface area contributed by atoms with Gasteiger partial charge in [-0.2, -0.15) is 0 Å². The zero-order valence-electron chi connectivity index (χ0n) is 8.84. The molecule has 0 aliphatic rings. The van der Waals surface area contributed by atoms with Crippen LogP contribution in [0.1, 0.15) is 6.42 Å². The summed E-state index contributed by atoms with van der Waals surface area (Å²) in [6.07, 6.45) is 1.61. The van der Waals surface area contributed by atoms with Gasteiger partial charge in [0.2, 0.25) is 5.91 Å². The van der Waals surface area contributed by atoms with Crippen LogP contribution in [-0.2, 0) is 4.79 Å². The molecular weight excluding hydrogens is 233 g/mol. The van der Waals surface area contributed by atoms with Gasteiger partial charge < -0.3 is 11.1 Å². The molecular formula is C11H11F3N2O. The van der Waals surface area contributed by atoms with Gasteiger partial charge in [0, 0.05) is 0 Å². The van der Waals surface area contributed by atoms with Gasteiger partial charge in [-0.1, -0.05) is 6.08 Å². The average molecular weight is 244 g/mol. The standard InChI is InChI=1S/C11H11F3N2O/c1-2-3-7(15)11(17)16-8-5-4-6(12)9(13)10(8)14/h2,4-5,7H,1,3,15H2,(H,16,17). The first-order valence-electron chi connectivity index (χ1n) is 4.78. The molecule has 3 N–H and O–H groups in total. The Hall–Kier alpha value is -1.82. The van der Waals surface area contributed by atoms with E-state index in [2.05, 4.69) is 11.9 Å². The second-order valence-electron chi connectivity index (χ2n) is 3.34. The van der Waals surface area contributed by atoms with Gasteiger partial charge in [0.15, 0.2) is 17.5 Å². The minimum absolute atomic E-state index is 0.192. The van der Waals surface area contributed by atoms with E-state index in [9.17, 15) is 18.0 Å². The molecule has 3 nitrogen and oxygen atoms in total. The minimum Gasteiger partial charge on any atom is -0.322 e. The number of amides is 1. The second-order valence-corrected chi connectivity index (χ2v) is 3.34. The van der Waals surface area contributed by atoms with E-state index in [1.807, 2.05) is 0 Å². The van der Waals surface area contributed by atoms with E-state index >= 15 is 0 Å². The SMILES string of the molecule is C=CCC(N)C(=O)Nc1ccc(F)c(F)c1F. The Morgan fingerprint density at radius 1 is 1.41 bits per heavy atom. The number of anilines is 1. The van der Waals surface area contributed by atoms with Crippen molar-refractivity contribution in [1.29, 1.82) is 0 Å². The molecule has 1 unspecified atom stereocenters. The molecule has 0 fully saturated rings. The normalized spacial score (nSPS) is 12.0. The predicted octanol–water partition coefficient (Wildman–Crippen LogP) is 1.95. The van der Waals surface area contributed by atoms with Crippen molar-refractivity contribution in [2.45, 2.75) is 12.5 Å². The molecule has 0 spiro atoms. The summed E-state index contributed by atoms with van der Waals surface area (Å²) in [5.41, 5.74) is 4.97. The molecule has 1 aromatic rings. The first kappa shape index (κ1) is 13.2. The summed E-state index contributed by atoms with van der Waals surface area (Å²) in [5, 5.41) is 2.07. The maximum Gasteiger partial charge on any atom is 0.241 e. The van der Waals surface area contributed by atoms with Crippen LogP contribution in [0.5, 0.6) is 0 Å². The highest BCUT2D eigenvalue weighted by Gasteiger charge is 2.17. The number of hydrogen-bond acceptors (Lipinski definition) is 2. The number of nitrogens with two attached hydrogens (primary N) is 1. The molecule has 1 aromatic carbocycles. The van der Waals surface area contributed by atoms with E-state index in [4.69, 9.17) is 5.73 Å². The lowest BCUT2D eigenvalue weighted by Crippen LogP contribution is -2.35. The molecule has 0 aromatic heterocycles. The summed E-state index contributed by atoms with van der Waals surface area (Å²) >= 11 is 0. The number of nitrogens with one attached hydrogen (secondary N) is 1. The fourth-order valence-electron chi connectivity index (χ4n) is 1.13. The summed E-state index contributed by atoms with van der Waals surface area (Å²) in [6, 6.07) is 0.722. The second kappa shape index (κ2) is 5.49. The van der Waals surface area contributed by atoms with Crippen LogP contribution in [0, 0.1) is 17.5 Å². The molecule has 0 heterocycles.